The predicted octanol–water partition coefficient (Wildman–Crippen LogP) is 5.73. The van der Waals surface area contributed by atoms with Crippen molar-refractivity contribution in [1.29, 1.82) is 0 Å². The van der Waals surface area contributed by atoms with E-state index in [9.17, 15) is 0 Å². The van der Waals surface area contributed by atoms with Crippen molar-refractivity contribution in [2.45, 2.75) is 46.1 Å². The van der Waals surface area contributed by atoms with E-state index in [0.717, 1.165) is 15.2 Å². The summed E-state index contributed by atoms with van der Waals surface area (Å²) in [6, 6.07) is 6.46. The molecule has 0 aliphatic heterocycles. The molecule has 1 aromatic rings. The number of hydrogen-bond donors (Lipinski definition) is 1. The Morgan fingerprint density at radius 2 is 2.11 bits per heavy atom. The Kier molecular flexibility index (Phi) is 4.28. The second-order valence-electron chi connectivity index (χ2n) is 6.26. The first-order chi connectivity index (χ1) is 8.37. The van der Waals surface area contributed by atoms with E-state index in [1.54, 1.807) is 0 Å². The summed E-state index contributed by atoms with van der Waals surface area (Å²) in [4.78, 5) is 0. The average Bonchev–Trinajstić information content (AvgIpc) is 2.26. The first-order valence-electron chi connectivity index (χ1n) is 6.59. The molecule has 2 unspecified atom stereocenters. The molecule has 0 radical (unpaired) electrons. The highest BCUT2D eigenvalue weighted by atomic mass is 79.9. The highest BCUT2D eigenvalue weighted by Gasteiger charge is 2.32. The van der Waals surface area contributed by atoms with Gasteiger partial charge in [-0.25, -0.2) is 0 Å². The third kappa shape index (κ3) is 3.42. The third-order valence-electron chi connectivity index (χ3n) is 3.96. The van der Waals surface area contributed by atoms with Gasteiger partial charge in [-0.3, -0.25) is 0 Å². The molecule has 3 heteroatoms. The van der Waals surface area contributed by atoms with Gasteiger partial charge >= 0.3 is 0 Å². The Hall–Kier alpha value is -0.210. The fourth-order valence-electron chi connectivity index (χ4n) is 2.97. The van der Waals surface area contributed by atoms with Crippen LogP contribution in [0.5, 0.6) is 0 Å². The minimum atomic E-state index is 0.489. The van der Waals surface area contributed by atoms with Gasteiger partial charge < -0.3 is 5.32 Å². The molecule has 0 saturated heterocycles. The molecule has 1 nitrogen and oxygen atoms in total. The van der Waals surface area contributed by atoms with Crippen molar-refractivity contribution in [2.75, 3.05) is 5.32 Å². The van der Waals surface area contributed by atoms with Crippen molar-refractivity contribution in [3.8, 4) is 0 Å². The van der Waals surface area contributed by atoms with Crippen LogP contribution < -0.4 is 5.32 Å². The normalized spacial score (nSPS) is 26.9. The van der Waals surface area contributed by atoms with Crippen molar-refractivity contribution in [1.82, 2.24) is 0 Å². The molecule has 1 aliphatic carbocycles. The molecule has 1 saturated carbocycles. The molecule has 0 bridgehead atoms. The zero-order valence-electron chi connectivity index (χ0n) is 11.3. The molecule has 2 rings (SSSR count). The van der Waals surface area contributed by atoms with Gasteiger partial charge in [-0.1, -0.05) is 32.4 Å². The summed E-state index contributed by atoms with van der Waals surface area (Å²) in [6.07, 6.45) is 3.79. The van der Waals surface area contributed by atoms with Crippen molar-refractivity contribution in [3.63, 3.8) is 0 Å². The van der Waals surface area contributed by atoms with Crippen LogP contribution in [0.25, 0.3) is 0 Å². The van der Waals surface area contributed by atoms with E-state index in [0.29, 0.717) is 17.4 Å². The van der Waals surface area contributed by atoms with Crippen LogP contribution in [-0.2, 0) is 0 Å². The molecule has 0 amide bonds. The summed E-state index contributed by atoms with van der Waals surface area (Å²) in [5, 5.41) is 4.43. The van der Waals surface area contributed by atoms with Gasteiger partial charge in [0.15, 0.2) is 0 Å². The van der Waals surface area contributed by atoms with Crippen molar-refractivity contribution in [2.24, 2.45) is 11.3 Å². The number of halogens is 2. The molecule has 1 aliphatic rings. The van der Waals surface area contributed by atoms with Gasteiger partial charge in [-0.05, 0) is 64.7 Å². The number of benzene rings is 1. The van der Waals surface area contributed by atoms with E-state index in [4.69, 9.17) is 11.6 Å². The molecule has 1 N–H and O–H groups in total. The van der Waals surface area contributed by atoms with Crippen LogP contribution in [0.4, 0.5) is 5.69 Å². The van der Waals surface area contributed by atoms with E-state index in [1.807, 2.05) is 18.2 Å². The van der Waals surface area contributed by atoms with Crippen molar-refractivity contribution in [3.05, 3.63) is 27.7 Å². The number of rotatable bonds is 2. The van der Waals surface area contributed by atoms with Crippen LogP contribution in [0.15, 0.2) is 22.7 Å². The van der Waals surface area contributed by atoms with Crippen molar-refractivity contribution < 1.29 is 0 Å². The van der Waals surface area contributed by atoms with Crippen LogP contribution in [0.2, 0.25) is 5.02 Å². The van der Waals surface area contributed by atoms with Crippen LogP contribution in [0.1, 0.15) is 40.0 Å². The zero-order valence-corrected chi connectivity index (χ0v) is 13.6. The minimum Gasteiger partial charge on any atom is -0.381 e. The molecule has 100 valence electrons. The summed E-state index contributed by atoms with van der Waals surface area (Å²) in [5.41, 5.74) is 1.60. The van der Waals surface area contributed by atoms with Crippen LogP contribution in [0, 0.1) is 11.3 Å². The van der Waals surface area contributed by atoms with E-state index in [2.05, 4.69) is 42.0 Å². The predicted molar refractivity (Wildman–Crippen MR) is 83.4 cm³/mol. The highest BCUT2D eigenvalue weighted by Crippen LogP contribution is 2.40. The molecule has 1 fully saturated rings. The van der Waals surface area contributed by atoms with E-state index in [1.165, 1.54) is 19.3 Å². The number of hydrogen-bond acceptors (Lipinski definition) is 1. The van der Waals surface area contributed by atoms with Gasteiger partial charge in [0.1, 0.15) is 0 Å². The SMILES string of the molecule is CC1CC(C)(C)CCC1Nc1cc(Cl)ccc1Br. The van der Waals surface area contributed by atoms with E-state index >= 15 is 0 Å². The summed E-state index contributed by atoms with van der Waals surface area (Å²) in [6.45, 7) is 7.08. The Balaban J connectivity index is 2.08. The molecule has 0 spiro atoms. The quantitative estimate of drug-likeness (QED) is 0.730. The molecule has 18 heavy (non-hydrogen) atoms. The summed E-state index contributed by atoms with van der Waals surface area (Å²) in [7, 11) is 0. The van der Waals surface area contributed by atoms with Gasteiger partial charge in [-0.15, -0.1) is 0 Å². The Morgan fingerprint density at radius 1 is 1.39 bits per heavy atom. The first kappa shape index (κ1) is 14.2. The standard InChI is InChI=1S/C15H21BrClN/c1-10-9-15(2,3)7-6-13(10)18-14-8-11(17)4-5-12(14)16/h4-5,8,10,13,18H,6-7,9H2,1-3H3. The minimum absolute atomic E-state index is 0.489. The Bertz CT molecular complexity index is 431. The number of anilines is 1. The zero-order chi connectivity index (χ0) is 13.3. The van der Waals surface area contributed by atoms with E-state index < -0.39 is 0 Å². The molecule has 2 atom stereocenters. The molecule has 0 aromatic heterocycles. The maximum Gasteiger partial charge on any atom is 0.0501 e. The maximum absolute atomic E-state index is 6.06. The Morgan fingerprint density at radius 3 is 2.78 bits per heavy atom. The fraction of sp³-hybridized carbons (Fsp3) is 0.600. The lowest BCUT2D eigenvalue weighted by Crippen LogP contribution is -2.36. The fourth-order valence-corrected chi connectivity index (χ4v) is 3.50. The second kappa shape index (κ2) is 5.42. The summed E-state index contributed by atoms with van der Waals surface area (Å²) >= 11 is 9.63. The third-order valence-corrected chi connectivity index (χ3v) is 4.89. The summed E-state index contributed by atoms with van der Waals surface area (Å²) < 4.78 is 1.09. The highest BCUT2D eigenvalue weighted by molar-refractivity contribution is 9.10. The monoisotopic (exact) mass is 329 g/mol. The average molecular weight is 331 g/mol. The van der Waals surface area contributed by atoms with Crippen LogP contribution in [0.3, 0.4) is 0 Å². The Labute approximate surface area is 123 Å². The van der Waals surface area contributed by atoms with Crippen molar-refractivity contribution >= 4 is 33.2 Å². The molecular formula is C15H21BrClN. The van der Waals surface area contributed by atoms with E-state index in [-0.39, 0.29) is 0 Å². The van der Waals surface area contributed by atoms with Gasteiger partial charge in [0.25, 0.3) is 0 Å². The van der Waals surface area contributed by atoms with Crippen LogP contribution >= 0.6 is 27.5 Å². The van der Waals surface area contributed by atoms with Gasteiger partial charge in [-0.2, -0.15) is 0 Å². The topological polar surface area (TPSA) is 12.0 Å². The summed E-state index contributed by atoms with van der Waals surface area (Å²) in [5.74, 6) is 0.694. The lowest BCUT2D eigenvalue weighted by Gasteiger charge is -2.40. The molecular weight excluding hydrogens is 310 g/mol. The smallest absolute Gasteiger partial charge is 0.0501 e. The second-order valence-corrected chi connectivity index (χ2v) is 7.55. The molecule has 1 aromatic carbocycles. The lowest BCUT2D eigenvalue weighted by atomic mass is 9.70. The maximum atomic E-state index is 6.06. The first-order valence-corrected chi connectivity index (χ1v) is 7.76. The van der Waals surface area contributed by atoms with Gasteiger partial charge in [0.2, 0.25) is 0 Å². The largest absolute Gasteiger partial charge is 0.381 e. The lowest BCUT2D eigenvalue weighted by molar-refractivity contribution is 0.177. The van der Waals surface area contributed by atoms with Gasteiger partial charge in [0, 0.05) is 15.5 Å². The number of nitrogens with one attached hydrogen (secondary N) is 1. The van der Waals surface area contributed by atoms with Gasteiger partial charge in [0.05, 0.1) is 5.69 Å². The molecule has 0 heterocycles. The van der Waals surface area contributed by atoms with Crippen LogP contribution in [-0.4, -0.2) is 6.04 Å².